The van der Waals surface area contributed by atoms with Gasteiger partial charge in [0.1, 0.15) is 5.25 Å². The lowest BCUT2D eigenvalue weighted by Crippen LogP contribution is -2.55. The molecule has 0 radical (unpaired) electrons. The molecule has 1 fully saturated rings. The van der Waals surface area contributed by atoms with Gasteiger partial charge in [0.05, 0.1) is 40.2 Å². The molecule has 61 heavy (non-hydrogen) atoms. The van der Waals surface area contributed by atoms with Gasteiger partial charge in [-0.3, -0.25) is 9.59 Å². The van der Waals surface area contributed by atoms with E-state index in [1.165, 1.54) is 24.3 Å². The largest absolute Gasteiger partial charge is 0.355 e. The molecule has 0 aliphatic carbocycles. The van der Waals surface area contributed by atoms with Gasteiger partial charge < -0.3 is 14.7 Å². The molecule has 0 saturated carbocycles. The van der Waals surface area contributed by atoms with E-state index in [0.717, 1.165) is 22.4 Å². The van der Waals surface area contributed by atoms with Crippen LogP contribution in [0.3, 0.4) is 0 Å². The molecule has 0 aromatic heterocycles. The molecule has 0 N–H and O–H groups in total. The molecular weight excluding hydrogens is 803 g/mol. The average molecular weight is 846 g/mol. The van der Waals surface area contributed by atoms with E-state index in [2.05, 4.69) is 0 Å². The number of carbonyl (C=O) groups is 2. The first-order chi connectivity index (χ1) is 29.6. The van der Waals surface area contributed by atoms with E-state index in [1.807, 2.05) is 114 Å². The highest BCUT2D eigenvalue weighted by atomic mass is 32.2. The van der Waals surface area contributed by atoms with Gasteiger partial charge in [-0.15, -0.1) is 0 Å². The highest BCUT2D eigenvalue weighted by molar-refractivity contribution is 7.93. The molecule has 0 bridgehead atoms. The van der Waals surface area contributed by atoms with Crippen molar-refractivity contribution in [2.45, 2.75) is 52.4 Å². The molecule has 11 heteroatoms. The highest BCUT2D eigenvalue weighted by Crippen LogP contribution is 2.62. The number of para-hydroxylation sites is 2. The Morgan fingerprint density at radius 2 is 1.10 bits per heavy atom. The first kappa shape index (κ1) is 38.9. The molecule has 0 unspecified atom stereocenters. The van der Waals surface area contributed by atoms with E-state index in [4.69, 9.17) is 0 Å². The second-order valence-electron chi connectivity index (χ2n) is 16.2. The monoisotopic (exact) mass is 845 g/mol. The van der Waals surface area contributed by atoms with Crippen LogP contribution >= 0.6 is 0 Å². The molecule has 6 aromatic carbocycles. The fraction of sp³-hybridized carbons (Fsp3) is 0.200. The number of benzene rings is 6. The lowest BCUT2D eigenvalue weighted by molar-refractivity contribution is -0.130. The van der Waals surface area contributed by atoms with Crippen molar-refractivity contribution in [1.82, 2.24) is 4.90 Å². The van der Waals surface area contributed by atoms with Crippen LogP contribution in [0, 0.1) is 5.92 Å². The number of hydrogen-bond acceptors (Lipinski definition) is 7. The zero-order chi connectivity index (χ0) is 41.9. The fourth-order valence-electron chi connectivity index (χ4n) is 10.4. The molecular formula is C50H43N3O6S2. The van der Waals surface area contributed by atoms with Gasteiger partial charge in [-0.2, -0.15) is 0 Å². The van der Waals surface area contributed by atoms with Crippen molar-refractivity contribution in [3.63, 3.8) is 0 Å². The molecule has 9 nitrogen and oxygen atoms in total. The lowest BCUT2D eigenvalue weighted by atomic mass is 9.80. The Kier molecular flexibility index (Phi) is 9.56. The number of rotatable bonds is 10. The van der Waals surface area contributed by atoms with E-state index in [-0.39, 0.29) is 34.7 Å². The Labute approximate surface area is 356 Å². The number of carbonyl (C=O) groups excluding carboxylic acids is 2. The molecule has 306 valence electrons. The predicted molar refractivity (Wildman–Crippen MR) is 235 cm³/mol. The van der Waals surface area contributed by atoms with Gasteiger partial charge in [0.2, 0.25) is 5.91 Å². The minimum atomic E-state index is -4.46. The zero-order valence-corrected chi connectivity index (χ0v) is 34.9. The van der Waals surface area contributed by atoms with Crippen LogP contribution in [0.5, 0.6) is 0 Å². The van der Waals surface area contributed by atoms with Crippen LogP contribution in [0.15, 0.2) is 191 Å². The van der Waals surface area contributed by atoms with Gasteiger partial charge >= 0.3 is 0 Å². The number of anilines is 2. The minimum Gasteiger partial charge on any atom is -0.355 e. The highest BCUT2D eigenvalue weighted by Gasteiger charge is 2.70. The first-order valence-electron chi connectivity index (χ1n) is 20.6. The van der Waals surface area contributed by atoms with Crippen molar-refractivity contribution in [3.8, 4) is 0 Å². The summed E-state index contributed by atoms with van der Waals surface area (Å²) in [6, 6.07) is 50.4. The zero-order valence-electron chi connectivity index (χ0n) is 33.2. The maximum Gasteiger partial charge on any atom is 0.258 e. The maximum absolute atomic E-state index is 16.0. The molecule has 1 spiro atoms. The van der Waals surface area contributed by atoms with Gasteiger partial charge in [0.25, 0.3) is 5.91 Å². The third kappa shape index (κ3) is 6.16. The van der Waals surface area contributed by atoms with E-state index >= 15 is 18.0 Å². The number of amides is 2. The smallest absolute Gasteiger partial charge is 0.258 e. The van der Waals surface area contributed by atoms with Gasteiger partial charge in [0.15, 0.2) is 25.2 Å². The summed E-state index contributed by atoms with van der Waals surface area (Å²) in [5.41, 5.74) is 3.64. The Hall–Kier alpha value is -6.30. The van der Waals surface area contributed by atoms with E-state index in [1.54, 1.807) is 46.2 Å². The Morgan fingerprint density at radius 1 is 0.574 bits per heavy atom. The minimum absolute atomic E-state index is 0.0141. The quantitative estimate of drug-likeness (QED) is 0.137. The normalized spacial score (nSPS) is 22.2. The molecule has 4 aliphatic heterocycles. The summed E-state index contributed by atoms with van der Waals surface area (Å²) in [6.45, 7) is 0.778. The molecule has 4 aliphatic rings. The van der Waals surface area contributed by atoms with Gasteiger partial charge in [-0.05, 0) is 71.5 Å². The molecule has 4 atom stereocenters. The van der Waals surface area contributed by atoms with Crippen molar-refractivity contribution >= 4 is 42.9 Å². The van der Waals surface area contributed by atoms with Crippen molar-refractivity contribution < 1.29 is 26.4 Å². The Balaban J connectivity index is 1.25. The second-order valence-corrected chi connectivity index (χ2v) is 20.3. The van der Waals surface area contributed by atoms with Crippen LogP contribution in [-0.2, 0) is 47.9 Å². The molecule has 4 heterocycles. The molecule has 1 saturated heterocycles. The van der Waals surface area contributed by atoms with Crippen molar-refractivity contribution in [2.75, 3.05) is 22.1 Å². The molecule has 2 amide bonds. The third-order valence-corrected chi connectivity index (χ3v) is 16.8. The number of hydrogen-bond donors (Lipinski definition) is 0. The van der Waals surface area contributed by atoms with Gasteiger partial charge in [-0.1, -0.05) is 133 Å². The van der Waals surface area contributed by atoms with Crippen LogP contribution in [0.4, 0.5) is 11.4 Å². The number of nitrogens with zero attached hydrogens (tertiary/aromatic N) is 3. The van der Waals surface area contributed by atoms with Crippen LogP contribution in [0.2, 0.25) is 0 Å². The van der Waals surface area contributed by atoms with E-state index in [9.17, 15) is 8.42 Å². The topological polar surface area (TPSA) is 112 Å². The summed E-state index contributed by atoms with van der Waals surface area (Å²) < 4.78 is 61.3. The fourth-order valence-corrected chi connectivity index (χ4v) is 14.3. The number of sulfone groups is 2. The first-order valence-corrected chi connectivity index (χ1v) is 23.8. The van der Waals surface area contributed by atoms with Crippen molar-refractivity contribution in [1.29, 1.82) is 0 Å². The van der Waals surface area contributed by atoms with Gasteiger partial charge in [0, 0.05) is 29.4 Å². The second kappa shape index (κ2) is 15.0. The Morgan fingerprint density at radius 3 is 1.74 bits per heavy atom. The summed E-state index contributed by atoms with van der Waals surface area (Å²) >= 11 is 0. The van der Waals surface area contributed by atoms with Gasteiger partial charge in [-0.25, -0.2) is 16.8 Å². The van der Waals surface area contributed by atoms with Crippen molar-refractivity contribution in [3.05, 3.63) is 203 Å². The molecule has 6 aromatic rings. The summed E-state index contributed by atoms with van der Waals surface area (Å²) in [5, 5.41) is -1.51. The lowest BCUT2D eigenvalue weighted by Gasteiger charge is -2.42. The van der Waals surface area contributed by atoms with Crippen LogP contribution in [0.25, 0.3) is 0 Å². The summed E-state index contributed by atoms with van der Waals surface area (Å²) in [4.78, 5) is 36.6. The van der Waals surface area contributed by atoms with E-state index < -0.39 is 48.1 Å². The summed E-state index contributed by atoms with van der Waals surface area (Å²) in [7, 11) is -8.68. The maximum atomic E-state index is 16.0. The summed E-state index contributed by atoms with van der Waals surface area (Å²) in [5.74, 6) is -3.41. The standard InChI is InChI=1S/C50H43N3O6S2/c54-48-45(39-26-13-15-29-43(39)51(48)32-35-18-5-1-6-19-35)40-27-17-31-53-46(40)47(61(58,59)38-24-11-4-12-25-38)42(34-60(56,57)37-22-9-3-10-23-37)50(53)41-28-14-16-30-44(41)52(49(50)55)33-36-20-7-2-8-21-36/h1-16,18-26,28-30,42,45,47H,17,27,31-34H2/t42-,45+,47-,50+/m0/s1. The van der Waals surface area contributed by atoms with Crippen molar-refractivity contribution in [2.24, 2.45) is 5.92 Å². The van der Waals surface area contributed by atoms with Crippen LogP contribution in [0.1, 0.15) is 41.0 Å². The number of fused-ring (bicyclic) bond motifs is 5. The predicted octanol–water partition coefficient (Wildman–Crippen LogP) is 8.06. The SMILES string of the molecule is O=C1[C@@H](C2=C3[C@@H](S(=O)(=O)c4ccccc4)[C@H](CS(=O)(=O)c4ccccc4)[C@]4(C(=O)N(Cc5ccccc5)c5ccccc54)N3CCC2)c2ccccc2N1Cc1ccccc1. The average Bonchev–Trinajstić information content (AvgIpc) is 3.84. The van der Waals surface area contributed by atoms with Crippen LogP contribution < -0.4 is 9.80 Å². The summed E-state index contributed by atoms with van der Waals surface area (Å²) in [6.07, 6.45) is 0.893. The molecule has 10 rings (SSSR count). The third-order valence-electron chi connectivity index (χ3n) is 12.9. The van der Waals surface area contributed by atoms with E-state index in [0.29, 0.717) is 41.9 Å². The Bertz CT molecular complexity index is 2930. The van der Waals surface area contributed by atoms with Crippen LogP contribution in [-0.4, -0.2) is 51.1 Å².